The van der Waals surface area contributed by atoms with Crippen molar-refractivity contribution < 1.29 is 67.9 Å². The average Bonchev–Trinajstić information content (AvgIpc) is 0.722. The molecule has 0 spiro atoms. The summed E-state index contributed by atoms with van der Waals surface area (Å²) >= 11 is -5.12. The average molecular weight is 399 g/mol. The SMILES string of the molecule is [Ba+2].[H-].[H-].[La].[O]=[Mn](=[O])([OH])[OH]. The van der Waals surface area contributed by atoms with Gasteiger partial charge in [0.1, 0.15) is 0 Å². The van der Waals surface area contributed by atoms with Crippen LogP contribution in [0.25, 0.3) is 0 Å². The minimum atomic E-state index is -5.12. The van der Waals surface area contributed by atoms with Crippen molar-refractivity contribution in [2.75, 3.05) is 0 Å². The predicted molar refractivity (Wildman–Crippen MR) is 13.8 cm³/mol. The topological polar surface area (TPSA) is 74.6 Å². The van der Waals surface area contributed by atoms with Crippen molar-refractivity contribution in [1.82, 2.24) is 0 Å². The maximum absolute atomic E-state index is 8.80. The van der Waals surface area contributed by atoms with E-state index in [2.05, 4.69) is 0 Å². The molecule has 1 radical (unpaired) electrons. The van der Waals surface area contributed by atoms with Crippen LogP contribution >= 0.6 is 0 Å². The Kier molecular flexibility index (Phi) is 16.2. The molecule has 0 bridgehead atoms. The molecule has 4 nitrogen and oxygen atoms in total. The molecule has 0 aromatic heterocycles. The quantitative estimate of drug-likeness (QED) is 0.486. The van der Waals surface area contributed by atoms with Gasteiger partial charge in [0.05, 0.1) is 0 Å². The molecule has 0 saturated carbocycles. The zero-order valence-electron chi connectivity index (χ0n) is 5.37. The molecule has 7 heavy (non-hydrogen) atoms. The monoisotopic (exact) mass is 400 g/mol. The summed E-state index contributed by atoms with van der Waals surface area (Å²) in [5, 5.41) is 0. The second-order valence-electron chi connectivity index (χ2n) is 0.415. The molecule has 40 valence electrons. The summed E-state index contributed by atoms with van der Waals surface area (Å²) in [6.07, 6.45) is 0. The third kappa shape index (κ3) is 51.8. The van der Waals surface area contributed by atoms with E-state index in [1.807, 2.05) is 0 Å². The van der Waals surface area contributed by atoms with E-state index in [4.69, 9.17) is 16.0 Å². The van der Waals surface area contributed by atoms with Gasteiger partial charge in [0.15, 0.2) is 0 Å². The van der Waals surface area contributed by atoms with Gasteiger partial charge in [-0.1, -0.05) is 0 Å². The number of hydrogen-bond donors (Lipinski definition) is 2. The summed E-state index contributed by atoms with van der Waals surface area (Å²) in [5.41, 5.74) is 0. The van der Waals surface area contributed by atoms with Gasteiger partial charge in [-0.2, -0.15) is 0 Å². The van der Waals surface area contributed by atoms with Crippen LogP contribution in [-0.2, 0) is 21.0 Å². The van der Waals surface area contributed by atoms with Crippen LogP contribution in [-0.4, -0.2) is 57.3 Å². The molecule has 0 aromatic rings. The fraction of sp³-hybridized carbons (Fsp3) is 0. The zero-order valence-corrected chi connectivity index (χ0v) is 12.6. The van der Waals surface area contributed by atoms with Crippen molar-refractivity contribution in [3.8, 4) is 0 Å². The van der Waals surface area contributed by atoms with Crippen LogP contribution in [0.15, 0.2) is 0 Å². The van der Waals surface area contributed by atoms with Crippen LogP contribution in [0, 0.1) is 35.6 Å². The zero-order chi connectivity index (χ0) is 4.50. The fourth-order valence-corrected chi connectivity index (χ4v) is 0. The predicted octanol–water partition coefficient (Wildman–Crippen LogP) is -1.51. The molecule has 0 atom stereocenters. The van der Waals surface area contributed by atoms with Crippen LogP contribution in [0.2, 0.25) is 0 Å². The van der Waals surface area contributed by atoms with Gasteiger partial charge in [-0.3, -0.25) is 0 Å². The van der Waals surface area contributed by atoms with E-state index in [0.29, 0.717) is 0 Å². The van der Waals surface area contributed by atoms with E-state index >= 15 is 0 Å². The van der Waals surface area contributed by atoms with E-state index in [-0.39, 0.29) is 87.3 Å². The van der Waals surface area contributed by atoms with Crippen LogP contribution < -0.4 is 0 Å². The summed E-state index contributed by atoms with van der Waals surface area (Å²) in [7, 11) is 0. The normalized spacial score (nSPS) is 8.29. The second-order valence-corrected chi connectivity index (χ2v) is 1.71. The van der Waals surface area contributed by atoms with E-state index < -0.39 is 13.4 Å². The maximum atomic E-state index is 8.80. The molecule has 0 aromatic carbocycles. The molecule has 0 saturated heterocycles. The van der Waals surface area contributed by atoms with Gasteiger partial charge in [-0.15, -0.1) is 0 Å². The van der Waals surface area contributed by atoms with E-state index in [1.54, 1.807) is 0 Å². The van der Waals surface area contributed by atoms with Gasteiger partial charge >= 0.3 is 78.3 Å². The van der Waals surface area contributed by atoms with Crippen LogP contribution in [0.3, 0.4) is 0 Å². The van der Waals surface area contributed by atoms with Gasteiger partial charge < -0.3 is 2.85 Å². The summed E-state index contributed by atoms with van der Waals surface area (Å²) in [6.45, 7) is 0. The van der Waals surface area contributed by atoms with Crippen molar-refractivity contribution in [2.45, 2.75) is 0 Å². The first kappa shape index (κ1) is 16.4. The Morgan fingerprint density at radius 1 is 1.29 bits per heavy atom. The Bertz CT molecular complexity index is 102. The van der Waals surface area contributed by atoms with Crippen LogP contribution in [0.1, 0.15) is 2.85 Å². The van der Waals surface area contributed by atoms with Gasteiger partial charge in [0.25, 0.3) is 0 Å². The molecular formula is H4BaLaMnO4. The summed E-state index contributed by atoms with van der Waals surface area (Å²) in [6, 6.07) is 0. The van der Waals surface area contributed by atoms with Crippen molar-refractivity contribution >= 4 is 48.9 Å². The van der Waals surface area contributed by atoms with E-state index in [9.17, 15) is 0 Å². The van der Waals surface area contributed by atoms with E-state index in [0.717, 1.165) is 0 Å². The molecule has 0 fully saturated rings. The molecule has 0 rings (SSSR count). The summed E-state index contributed by atoms with van der Waals surface area (Å²) in [4.78, 5) is 0. The van der Waals surface area contributed by atoms with Crippen LogP contribution in [0.5, 0.6) is 0 Å². The van der Waals surface area contributed by atoms with Crippen LogP contribution in [0.4, 0.5) is 0 Å². The van der Waals surface area contributed by atoms with Crippen molar-refractivity contribution in [3.05, 3.63) is 0 Å². The van der Waals surface area contributed by atoms with Gasteiger partial charge in [-0.05, 0) is 0 Å². The summed E-state index contributed by atoms with van der Waals surface area (Å²) < 4.78 is 31.8. The number of rotatable bonds is 0. The molecule has 0 aliphatic rings. The molecule has 0 amide bonds. The standard InChI is InChI=1S/Ba.La.Mn.2H2O.2O.2H/h;;;2*1H2;;;;/q+2;;+2;;;;;2*-1/p-2. The Hall–Kier alpha value is 2.81. The van der Waals surface area contributed by atoms with Crippen molar-refractivity contribution in [1.29, 1.82) is 0 Å². The van der Waals surface area contributed by atoms with Crippen molar-refractivity contribution in [3.63, 3.8) is 0 Å². The molecular weight excluding hydrogens is 395 g/mol. The molecule has 0 aliphatic carbocycles. The minimum absolute atomic E-state index is 0. The molecule has 0 heterocycles. The Morgan fingerprint density at radius 3 is 1.29 bits per heavy atom. The Morgan fingerprint density at radius 2 is 1.29 bits per heavy atom. The van der Waals surface area contributed by atoms with Gasteiger partial charge in [-0.25, -0.2) is 0 Å². The van der Waals surface area contributed by atoms with E-state index in [1.165, 1.54) is 0 Å². The third-order valence-corrected chi connectivity index (χ3v) is 0. The molecule has 0 unspecified atom stereocenters. The molecule has 2 N–H and O–H groups in total. The molecule has 7 heteroatoms. The third-order valence-electron chi connectivity index (χ3n) is 0. The summed E-state index contributed by atoms with van der Waals surface area (Å²) in [5.74, 6) is 0. The second kappa shape index (κ2) is 6.92. The Labute approximate surface area is 114 Å². The first-order valence-electron chi connectivity index (χ1n) is 0.647. The fourth-order valence-electron chi connectivity index (χ4n) is 0. The van der Waals surface area contributed by atoms with Gasteiger partial charge in [0, 0.05) is 35.6 Å². The molecule has 0 aliphatic heterocycles. The first-order valence-corrected chi connectivity index (χ1v) is 2.67. The number of hydrogen-bond acceptors (Lipinski definition) is 2. The van der Waals surface area contributed by atoms with Crippen molar-refractivity contribution in [2.24, 2.45) is 0 Å². The first-order chi connectivity index (χ1) is 2.00. The Balaban J connectivity index is -0.0000000133. The van der Waals surface area contributed by atoms with Gasteiger partial charge in [0.2, 0.25) is 0 Å².